The van der Waals surface area contributed by atoms with Gasteiger partial charge in [0.2, 0.25) is 0 Å². The summed E-state index contributed by atoms with van der Waals surface area (Å²) >= 11 is 0. The van der Waals surface area contributed by atoms with E-state index in [-0.39, 0.29) is 5.41 Å². The zero-order chi connectivity index (χ0) is 7.94. The molecule has 10 heavy (non-hydrogen) atoms. The van der Waals surface area contributed by atoms with Crippen molar-refractivity contribution in [2.45, 2.75) is 34.1 Å². The minimum absolute atomic E-state index is 0.212. The Balaban J connectivity index is 2.94. The van der Waals surface area contributed by atoms with Crippen molar-refractivity contribution in [3.05, 3.63) is 11.3 Å². The fourth-order valence-electron chi connectivity index (χ4n) is 1.44. The molecule has 58 valence electrons. The average molecular weight is 140 g/mol. The normalized spacial score (nSPS) is 31.4. The van der Waals surface area contributed by atoms with Gasteiger partial charge in [0.05, 0.1) is 5.76 Å². The van der Waals surface area contributed by atoms with E-state index >= 15 is 0 Å². The van der Waals surface area contributed by atoms with E-state index in [9.17, 15) is 5.11 Å². The molecular weight excluding hydrogens is 124 g/mol. The summed E-state index contributed by atoms with van der Waals surface area (Å²) in [5.41, 5.74) is 1.38. The quantitative estimate of drug-likeness (QED) is 0.548. The molecule has 1 aliphatic carbocycles. The largest absolute Gasteiger partial charge is 0.512 e. The van der Waals surface area contributed by atoms with Crippen LogP contribution in [0.1, 0.15) is 34.1 Å². The van der Waals surface area contributed by atoms with Crippen molar-refractivity contribution in [3.8, 4) is 0 Å². The van der Waals surface area contributed by atoms with Gasteiger partial charge in [-0.1, -0.05) is 20.8 Å². The summed E-state index contributed by atoms with van der Waals surface area (Å²) in [7, 11) is 0. The first kappa shape index (κ1) is 7.64. The first-order valence-electron chi connectivity index (χ1n) is 3.85. The molecule has 1 rings (SSSR count). The Bertz CT molecular complexity index is 177. The molecule has 0 radical (unpaired) electrons. The fourth-order valence-corrected chi connectivity index (χ4v) is 1.44. The maximum atomic E-state index is 9.38. The minimum Gasteiger partial charge on any atom is -0.512 e. The van der Waals surface area contributed by atoms with E-state index in [1.165, 1.54) is 5.57 Å². The summed E-state index contributed by atoms with van der Waals surface area (Å²) in [5, 5.41) is 9.38. The van der Waals surface area contributed by atoms with Crippen molar-refractivity contribution in [3.63, 3.8) is 0 Å². The van der Waals surface area contributed by atoms with Crippen LogP contribution in [0.4, 0.5) is 0 Å². The molecule has 0 bridgehead atoms. The van der Waals surface area contributed by atoms with Crippen molar-refractivity contribution in [1.82, 2.24) is 0 Å². The highest BCUT2D eigenvalue weighted by Crippen LogP contribution is 2.45. The van der Waals surface area contributed by atoms with Crippen LogP contribution in [-0.4, -0.2) is 5.11 Å². The number of hydrogen-bond acceptors (Lipinski definition) is 1. The van der Waals surface area contributed by atoms with Gasteiger partial charge in [-0.2, -0.15) is 0 Å². The van der Waals surface area contributed by atoms with Crippen LogP contribution >= 0.6 is 0 Å². The van der Waals surface area contributed by atoms with E-state index < -0.39 is 0 Å². The van der Waals surface area contributed by atoms with Crippen LogP contribution in [0.3, 0.4) is 0 Å². The van der Waals surface area contributed by atoms with Crippen molar-refractivity contribution in [2.75, 3.05) is 0 Å². The smallest absolute Gasteiger partial charge is 0.0920 e. The van der Waals surface area contributed by atoms with Gasteiger partial charge in [-0.05, 0) is 23.8 Å². The third-order valence-corrected chi connectivity index (χ3v) is 3.13. The van der Waals surface area contributed by atoms with Gasteiger partial charge in [0.25, 0.3) is 0 Å². The molecule has 1 nitrogen and oxygen atoms in total. The van der Waals surface area contributed by atoms with E-state index in [1.54, 1.807) is 0 Å². The molecule has 1 atom stereocenters. The molecule has 0 amide bonds. The van der Waals surface area contributed by atoms with Crippen LogP contribution in [0.2, 0.25) is 0 Å². The van der Waals surface area contributed by atoms with Gasteiger partial charge in [0.1, 0.15) is 0 Å². The predicted octanol–water partition coefficient (Wildman–Crippen LogP) is 2.88. The van der Waals surface area contributed by atoms with Crippen molar-refractivity contribution in [1.29, 1.82) is 0 Å². The Hall–Kier alpha value is -0.460. The minimum atomic E-state index is 0.212. The fraction of sp³-hybridized carbons (Fsp3) is 0.778. The van der Waals surface area contributed by atoms with Gasteiger partial charge in [-0.3, -0.25) is 0 Å². The van der Waals surface area contributed by atoms with Crippen molar-refractivity contribution in [2.24, 2.45) is 11.3 Å². The van der Waals surface area contributed by atoms with Gasteiger partial charge >= 0.3 is 0 Å². The van der Waals surface area contributed by atoms with E-state index in [0.717, 1.165) is 6.42 Å². The highest BCUT2D eigenvalue weighted by atomic mass is 16.3. The maximum Gasteiger partial charge on any atom is 0.0920 e. The number of aliphatic hydroxyl groups is 1. The number of hydrogen-bond donors (Lipinski definition) is 1. The molecule has 0 heterocycles. The Kier molecular flexibility index (Phi) is 1.54. The number of aliphatic hydroxyl groups excluding tert-OH is 1. The SMILES string of the molecule is CC1=C(O)CC(C)C1(C)C. The van der Waals surface area contributed by atoms with Gasteiger partial charge in [0, 0.05) is 6.42 Å². The van der Waals surface area contributed by atoms with Gasteiger partial charge in [-0.15, -0.1) is 0 Å². The summed E-state index contributed by atoms with van der Waals surface area (Å²) in [5.74, 6) is 1.20. The highest BCUT2D eigenvalue weighted by Gasteiger charge is 2.36. The highest BCUT2D eigenvalue weighted by molar-refractivity contribution is 5.21. The molecule has 1 heteroatoms. The molecule has 1 N–H and O–H groups in total. The first-order valence-corrected chi connectivity index (χ1v) is 3.85. The van der Waals surface area contributed by atoms with Crippen LogP contribution in [0, 0.1) is 11.3 Å². The first-order chi connectivity index (χ1) is 4.46. The summed E-state index contributed by atoms with van der Waals surface area (Å²) in [6, 6.07) is 0. The summed E-state index contributed by atoms with van der Waals surface area (Å²) in [6.45, 7) is 8.60. The van der Waals surface area contributed by atoms with Crippen LogP contribution in [0.15, 0.2) is 11.3 Å². The predicted molar refractivity (Wildman–Crippen MR) is 42.9 cm³/mol. The topological polar surface area (TPSA) is 20.2 Å². The molecule has 1 aliphatic rings. The van der Waals surface area contributed by atoms with E-state index in [4.69, 9.17) is 0 Å². The maximum absolute atomic E-state index is 9.38. The number of rotatable bonds is 0. The van der Waals surface area contributed by atoms with Crippen LogP contribution in [0.25, 0.3) is 0 Å². The number of allylic oxidation sites excluding steroid dienone is 2. The van der Waals surface area contributed by atoms with Crippen molar-refractivity contribution < 1.29 is 5.11 Å². The summed E-state index contributed by atoms with van der Waals surface area (Å²) in [4.78, 5) is 0. The van der Waals surface area contributed by atoms with Crippen LogP contribution in [-0.2, 0) is 0 Å². The molecule has 0 aromatic heterocycles. The van der Waals surface area contributed by atoms with Crippen LogP contribution in [0.5, 0.6) is 0 Å². The Morgan fingerprint density at radius 2 is 2.00 bits per heavy atom. The third kappa shape index (κ3) is 0.845. The second-order valence-electron chi connectivity index (χ2n) is 3.90. The molecule has 0 saturated carbocycles. The lowest BCUT2D eigenvalue weighted by Gasteiger charge is -2.25. The van der Waals surface area contributed by atoms with E-state index in [2.05, 4.69) is 20.8 Å². The molecule has 0 aromatic carbocycles. The second-order valence-corrected chi connectivity index (χ2v) is 3.90. The Morgan fingerprint density at radius 1 is 1.50 bits per heavy atom. The molecule has 0 saturated heterocycles. The lowest BCUT2D eigenvalue weighted by molar-refractivity contribution is 0.308. The molecule has 0 aromatic rings. The zero-order valence-corrected chi connectivity index (χ0v) is 7.23. The van der Waals surface area contributed by atoms with Gasteiger partial charge in [-0.25, -0.2) is 0 Å². The summed E-state index contributed by atoms with van der Waals surface area (Å²) < 4.78 is 0. The van der Waals surface area contributed by atoms with Crippen molar-refractivity contribution >= 4 is 0 Å². The molecule has 0 fully saturated rings. The van der Waals surface area contributed by atoms with Crippen LogP contribution < -0.4 is 0 Å². The molecule has 1 unspecified atom stereocenters. The summed E-state index contributed by atoms with van der Waals surface area (Å²) in [6.07, 6.45) is 0.860. The lowest BCUT2D eigenvalue weighted by atomic mass is 9.79. The third-order valence-electron chi connectivity index (χ3n) is 3.13. The average Bonchev–Trinajstić information content (AvgIpc) is 1.97. The Morgan fingerprint density at radius 3 is 2.10 bits per heavy atom. The molecular formula is C9H16O. The van der Waals surface area contributed by atoms with Gasteiger partial charge < -0.3 is 5.11 Å². The van der Waals surface area contributed by atoms with Gasteiger partial charge in [0.15, 0.2) is 0 Å². The molecule has 0 aliphatic heterocycles. The lowest BCUT2D eigenvalue weighted by Crippen LogP contribution is -2.16. The zero-order valence-electron chi connectivity index (χ0n) is 7.23. The van der Waals surface area contributed by atoms with E-state index in [1.807, 2.05) is 6.92 Å². The Labute approximate surface area is 62.8 Å². The standard InChI is InChI=1S/C9H16O/c1-6-5-8(10)7(2)9(6,3)4/h6,10H,5H2,1-4H3. The molecule has 0 spiro atoms. The second kappa shape index (κ2) is 2.01. The van der Waals surface area contributed by atoms with E-state index in [0.29, 0.717) is 11.7 Å². The monoisotopic (exact) mass is 140 g/mol.